The highest BCUT2D eigenvalue weighted by Crippen LogP contribution is 2.18. The van der Waals surface area contributed by atoms with E-state index >= 15 is 0 Å². The number of aliphatic hydroxyl groups excluding tert-OH is 1. The number of ether oxygens (including phenoxy) is 1. The van der Waals surface area contributed by atoms with E-state index in [2.05, 4.69) is 15.2 Å². The molecule has 2 N–H and O–H groups in total. The summed E-state index contributed by atoms with van der Waals surface area (Å²) < 4.78 is 10.6. The van der Waals surface area contributed by atoms with Gasteiger partial charge in [-0.1, -0.05) is 0 Å². The standard InChI is InChI=1S/C17H29N3O3.HI/c1-3-18-17(19-13-15(21)16-5-4-10-23-16)20(2)9-6-14-7-11-22-12-8-14;/h4-5,10,14-15,21H,3,6-9,11-13H2,1-2H3,(H,18,19);1H. The topological polar surface area (TPSA) is 70.2 Å². The molecule has 1 saturated heterocycles. The molecule has 0 radical (unpaired) electrons. The average Bonchev–Trinajstić information content (AvgIpc) is 3.12. The first-order valence-corrected chi connectivity index (χ1v) is 8.49. The van der Waals surface area contributed by atoms with Crippen LogP contribution in [-0.4, -0.2) is 55.9 Å². The summed E-state index contributed by atoms with van der Waals surface area (Å²) in [5.74, 6) is 2.11. The van der Waals surface area contributed by atoms with Crippen LogP contribution < -0.4 is 5.32 Å². The van der Waals surface area contributed by atoms with E-state index in [1.54, 1.807) is 18.4 Å². The van der Waals surface area contributed by atoms with Crippen LogP contribution in [0.25, 0.3) is 0 Å². The first-order chi connectivity index (χ1) is 11.2. The number of guanidine groups is 1. The summed E-state index contributed by atoms with van der Waals surface area (Å²) in [6.07, 6.45) is 4.30. The molecule has 0 aliphatic carbocycles. The van der Waals surface area contributed by atoms with Gasteiger partial charge in [0.25, 0.3) is 0 Å². The summed E-state index contributed by atoms with van der Waals surface area (Å²) in [5, 5.41) is 13.4. The van der Waals surface area contributed by atoms with Crippen LogP contribution in [0.2, 0.25) is 0 Å². The van der Waals surface area contributed by atoms with Gasteiger partial charge < -0.3 is 24.5 Å². The van der Waals surface area contributed by atoms with Crippen molar-refractivity contribution in [2.75, 3.05) is 39.9 Å². The number of nitrogens with one attached hydrogen (secondary N) is 1. The van der Waals surface area contributed by atoms with Gasteiger partial charge in [-0.25, -0.2) is 4.99 Å². The lowest BCUT2D eigenvalue weighted by Crippen LogP contribution is -2.40. The fourth-order valence-corrected chi connectivity index (χ4v) is 2.73. The van der Waals surface area contributed by atoms with Crippen molar-refractivity contribution in [1.29, 1.82) is 0 Å². The van der Waals surface area contributed by atoms with E-state index in [4.69, 9.17) is 9.15 Å². The minimum atomic E-state index is -0.706. The number of halogens is 1. The van der Waals surface area contributed by atoms with Crippen molar-refractivity contribution in [2.24, 2.45) is 10.9 Å². The van der Waals surface area contributed by atoms with Crippen molar-refractivity contribution >= 4 is 29.9 Å². The predicted octanol–water partition coefficient (Wildman–Crippen LogP) is 2.65. The maximum Gasteiger partial charge on any atom is 0.193 e. The first kappa shape index (κ1) is 21.2. The van der Waals surface area contributed by atoms with E-state index in [9.17, 15) is 5.11 Å². The van der Waals surface area contributed by atoms with E-state index < -0.39 is 6.10 Å². The third-order valence-corrected chi connectivity index (χ3v) is 4.20. The Hall–Kier alpha value is -0.800. The molecule has 138 valence electrons. The van der Waals surface area contributed by atoms with Gasteiger partial charge in [-0.3, -0.25) is 0 Å². The van der Waals surface area contributed by atoms with Crippen molar-refractivity contribution in [3.05, 3.63) is 24.2 Å². The lowest BCUT2D eigenvalue weighted by atomic mass is 9.96. The van der Waals surface area contributed by atoms with Crippen LogP contribution in [0.3, 0.4) is 0 Å². The molecule has 1 aliphatic rings. The molecule has 24 heavy (non-hydrogen) atoms. The molecular formula is C17H30IN3O3. The molecule has 0 amide bonds. The number of hydrogen-bond donors (Lipinski definition) is 2. The van der Waals surface area contributed by atoms with Crippen LogP contribution in [0, 0.1) is 5.92 Å². The number of aliphatic imine (C=N–C) groups is 1. The van der Waals surface area contributed by atoms with Crippen molar-refractivity contribution in [3.63, 3.8) is 0 Å². The second-order valence-electron chi connectivity index (χ2n) is 5.99. The van der Waals surface area contributed by atoms with Gasteiger partial charge in [-0.2, -0.15) is 0 Å². The highest BCUT2D eigenvalue weighted by molar-refractivity contribution is 14.0. The average molecular weight is 451 g/mol. The van der Waals surface area contributed by atoms with Crippen LogP contribution in [0.4, 0.5) is 0 Å². The summed E-state index contributed by atoms with van der Waals surface area (Å²) in [4.78, 5) is 6.66. The number of furan rings is 1. The highest BCUT2D eigenvalue weighted by Gasteiger charge is 2.16. The van der Waals surface area contributed by atoms with Gasteiger partial charge in [0.2, 0.25) is 0 Å². The van der Waals surface area contributed by atoms with Gasteiger partial charge in [0.15, 0.2) is 5.96 Å². The maximum absolute atomic E-state index is 10.1. The Morgan fingerprint density at radius 3 is 2.83 bits per heavy atom. The lowest BCUT2D eigenvalue weighted by Gasteiger charge is -2.27. The normalized spacial score (nSPS) is 17.2. The molecule has 0 bridgehead atoms. The first-order valence-electron chi connectivity index (χ1n) is 8.49. The molecule has 7 heteroatoms. The zero-order valence-corrected chi connectivity index (χ0v) is 16.9. The number of aliphatic hydroxyl groups is 1. The molecule has 1 aromatic rings. The smallest absolute Gasteiger partial charge is 0.193 e. The van der Waals surface area contributed by atoms with Crippen LogP contribution >= 0.6 is 24.0 Å². The predicted molar refractivity (Wildman–Crippen MR) is 106 cm³/mol. The van der Waals surface area contributed by atoms with E-state index in [-0.39, 0.29) is 30.5 Å². The summed E-state index contributed by atoms with van der Waals surface area (Å²) in [7, 11) is 2.04. The monoisotopic (exact) mass is 451 g/mol. The number of rotatable bonds is 7. The SMILES string of the molecule is CCNC(=NCC(O)c1ccco1)N(C)CCC1CCOCC1.I. The molecule has 1 fully saturated rings. The van der Waals surface area contributed by atoms with Gasteiger partial charge >= 0.3 is 0 Å². The number of hydrogen-bond acceptors (Lipinski definition) is 4. The van der Waals surface area contributed by atoms with E-state index in [1.165, 1.54) is 0 Å². The van der Waals surface area contributed by atoms with Crippen LogP contribution in [0.1, 0.15) is 38.1 Å². The van der Waals surface area contributed by atoms with E-state index in [1.807, 2.05) is 14.0 Å². The third kappa shape index (κ3) is 6.98. The van der Waals surface area contributed by atoms with Gasteiger partial charge in [-0.15, -0.1) is 24.0 Å². The molecule has 2 rings (SSSR count). The van der Waals surface area contributed by atoms with Crippen molar-refractivity contribution in [2.45, 2.75) is 32.3 Å². The zero-order chi connectivity index (χ0) is 16.5. The van der Waals surface area contributed by atoms with Crippen molar-refractivity contribution in [3.8, 4) is 0 Å². The fraction of sp³-hybridized carbons (Fsp3) is 0.706. The van der Waals surface area contributed by atoms with E-state index in [0.29, 0.717) is 5.76 Å². The summed E-state index contributed by atoms with van der Waals surface area (Å²) in [6, 6.07) is 3.54. The van der Waals surface area contributed by atoms with E-state index in [0.717, 1.165) is 57.4 Å². The van der Waals surface area contributed by atoms with Gasteiger partial charge in [-0.05, 0) is 44.2 Å². The van der Waals surface area contributed by atoms with Crippen molar-refractivity contribution < 1.29 is 14.3 Å². The molecule has 0 saturated carbocycles. The molecule has 1 aliphatic heterocycles. The molecule has 6 nitrogen and oxygen atoms in total. The molecular weight excluding hydrogens is 421 g/mol. The van der Waals surface area contributed by atoms with Crippen LogP contribution in [-0.2, 0) is 4.74 Å². The van der Waals surface area contributed by atoms with Crippen LogP contribution in [0.5, 0.6) is 0 Å². The second kappa shape index (κ2) is 11.7. The largest absolute Gasteiger partial charge is 0.467 e. The molecule has 2 heterocycles. The maximum atomic E-state index is 10.1. The molecule has 1 unspecified atom stereocenters. The Kier molecular flexibility index (Phi) is 10.4. The lowest BCUT2D eigenvalue weighted by molar-refractivity contribution is 0.0625. The summed E-state index contributed by atoms with van der Waals surface area (Å²) in [6.45, 7) is 5.86. The Morgan fingerprint density at radius 1 is 1.46 bits per heavy atom. The Balaban J connectivity index is 0.00000288. The highest BCUT2D eigenvalue weighted by atomic mass is 127. The van der Waals surface area contributed by atoms with Gasteiger partial charge in [0, 0.05) is 33.4 Å². The Morgan fingerprint density at radius 2 is 2.21 bits per heavy atom. The Bertz CT molecular complexity index is 462. The van der Waals surface area contributed by atoms with Crippen LogP contribution in [0.15, 0.2) is 27.8 Å². The molecule has 1 aromatic heterocycles. The zero-order valence-electron chi connectivity index (χ0n) is 14.6. The minimum Gasteiger partial charge on any atom is -0.467 e. The molecule has 0 spiro atoms. The quantitative estimate of drug-likeness (QED) is 0.379. The third-order valence-electron chi connectivity index (χ3n) is 4.20. The van der Waals surface area contributed by atoms with Crippen molar-refractivity contribution in [1.82, 2.24) is 10.2 Å². The molecule has 0 aromatic carbocycles. The summed E-state index contributed by atoms with van der Waals surface area (Å²) in [5.41, 5.74) is 0. The minimum absolute atomic E-state index is 0. The van der Waals surface area contributed by atoms with Gasteiger partial charge in [0.1, 0.15) is 11.9 Å². The van der Waals surface area contributed by atoms with Gasteiger partial charge in [0.05, 0.1) is 12.8 Å². The molecule has 1 atom stereocenters. The fourth-order valence-electron chi connectivity index (χ4n) is 2.73. The second-order valence-corrected chi connectivity index (χ2v) is 5.99. The Labute approximate surface area is 161 Å². The summed E-state index contributed by atoms with van der Waals surface area (Å²) >= 11 is 0. The number of nitrogens with zero attached hydrogens (tertiary/aromatic N) is 2.